The van der Waals surface area contributed by atoms with Crippen molar-refractivity contribution in [2.45, 2.75) is 0 Å². The van der Waals surface area contributed by atoms with Crippen molar-refractivity contribution in [1.29, 1.82) is 0 Å². The lowest BCUT2D eigenvalue weighted by Crippen LogP contribution is -2.08. The van der Waals surface area contributed by atoms with Crippen LogP contribution in [0.15, 0.2) is 72.8 Å². The van der Waals surface area contributed by atoms with Gasteiger partial charge in [-0.1, -0.05) is 40.9 Å². The van der Waals surface area contributed by atoms with Gasteiger partial charge in [-0.15, -0.1) is 0 Å². The minimum Gasteiger partial charge on any atom is -0.423 e. The predicted molar refractivity (Wildman–Crippen MR) is 113 cm³/mol. The van der Waals surface area contributed by atoms with Crippen LogP contribution in [-0.4, -0.2) is 11.8 Å². The number of esters is 1. The standard InChI is InChI=1S/C22H13Cl3O3/c23-16-8-4-15(5-9-16)22(27)28-17-10-6-14(7-11-17)21(26)13-12-18-19(24)2-1-3-20(18)25/h1-13H/b13-12+. The molecule has 0 bridgehead atoms. The van der Waals surface area contributed by atoms with E-state index in [1.807, 2.05) is 0 Å². The number of carbonyl (C=O) groups is 2. The van der Waals surface area contributed by atoms with Gasteiger partial charge in [0.05, 0.1) is 5.56 Å². The Morgan fingerprint density at radius 2 is 1.32 bits per heavy atom. The van der Waals surface area contributed by atoms with Crippen LogP contribution in [0.25, 0.3) is 6.08 Å². The smallest absolute Gasteiger partial charge is 0.343 e. The van der Waals surface area contributed by atoms with E-state index in [2.05, 4.69) is 0 Å². The lowest BCUT2D eigenvalue weighted by molar-refractivity contribution is 0.0734. The summed E-state index contributed by atoms with van der Waals surface area (Å²) in [6.45, 7) is 0. The molecule has 0 aliphatic rings. The quantitative estimate of drug-likeness (QED) is 0.194. The van der Waals surface area contributed by atoms with Crippen molar-refractivity contribution < 1.29 is 14.3 Å². The summed E-state index contributed by atoms with van der Waals surface area (Å²) < 4.78 is 5.29. The molecule has 28 heavy (non-hydrogen) atoms. The van der Waals surface area contributed by atoms with Crippen molar-refractivity contribution in [3.05, 3.63) is 105 Å². The lowest BCUT2D eigenvalue weighted by Gasteiger charge is -2.05. The van der Waals surface area contributed by atoms with E-state index in [4.69, 9.17) is 39.5 Å². The molecule has 0 heterocycles. The van der Waals surface area contributed by atoms with Gasteiger partial charge in [-0.25, -0.2) is 4.79 Å². The summed E-state index contributed by atoms with van der Waals surface area (Å²) in [4.78, 5) is 24.4. The second-order valence-corrected chi connectivity index (χ2v) is 7.00. The number of ketones is 1. The second kappa shape index (κ2) is 9.07. The van der Waals surface area contributed by atoms with Crippen LogP contribution in [0.1, 0.15) is 26.3 Å². The molecule has 0 amide bonds. The number of hydrogen-bond acceptors (Lipinski definition) is 3. The third-order valence-corrected chi connectivity index (χ3v) is 4.74. The highest BCUT2D eigenvalue weighted by molar-refractivity contribution is 6.37. The van der Waals surface area contributed by atoms with Crippen molar-refractivity contribution >= 4 is 52.6 Å². The largest absolute Gasteiger partial charge is 0.423 e. The highest BCUT2D eigenvalue weighted by Gasteiger charge is 2.10. The van der Waals surface area contributed by atoms with Crippen LogP contribution in [0.5, 0.6) is 5.75 Å². The molecule has 0 aliphatic heterocycles. The Kier molecular flexibility index (Phi) is 6.53. The Morgan fingerprint density at radius 1 is 0.750 bits per heavy atom. The maximum absolute atomic E-state index is 12.3. The molecule has 0 aliphatic carbocycles. The van der Waals surface area contributed by atoms with Crippen LogP contribution < -0.4 is 4.74 Å². The van der Waals surface area contributed by atoms with Gasteiger partial charge in [0, 0.05) is 26.2 Å². The zero-order valence-electron chi connectivity index (χ0n) is 14.4. The molecule has 0 spiro atoms. The van der Waals surface area contributed by atoms with E-state index in [-0.39, 0.29) is 5.78 Å². The van der Waals surface area contributed by atoms with Gasteiger partial charge in [0.25, 0.3) is 0 Å². The Labute approximate surface area is 177 Å². The van der Waals surface area contributed by atoms with Crippen molar-refractivity contribution in [2.24, 2.45) is 0 Å². The van der Waals surface area contributed by atoms with Gasteiger partial charge in [0.2, 0.25) is 0 Å². The molecule has 6 heteroatoms. The Balaban J connectivity index is 1.68. The summed E-state index contributed by atoms with van der Waals surface area (Å²) in [6.07, 6.45) is 2.96. The molecule has 3 aromatic carbocycles. The summed E-state index contributed by atoms with van der Waals surface area (Å²) in [5.41, 5.74) is 1.39. The molecule has 0 aromatic heterocycles. The summed E-state index contributed by atoms with van der Waals surface area (Å²) in [5.74, 6) is -0.412. The number of allylic oxidation sites excluding steroid dienone is 1. The van der Waals surface area contributed by atoms with Crippen LogP contribution >= 0.6 is 34.8 Å². The average molecular weight is 432 g/mol. The Morgan fingerprint density at radius 3 is 1.93 bits per heavy atom. The molecule has 3 aromatic rings. The van der Waals surface area contributed by atoms with E-state index < -0.39 is 5.97 Å². The minimum absolute atomic E-state index is 0.230. The fraction of sp³-hybridized carbons (Fsp3) is 0. The minimum atomic E-state index is -0.510. The van der Waals surface area contributed by atoms with Gasteiger partial charge >= 0.3 is 5.97 Å². The van der Waals surface area contributed by atoms with Crippen molar-refractivity contribution in [3.8, 4) is 5.75 Å². The normalized spacial score (nSPS) is 10.8. The zero-order chi connectivity index (χ0) is 20.1. The van der Waals surface area contributed by atoms with E-state index in [9.17, 15) is 9.59 Å². The molecule has 140 valence electrons. The zero-order valence-corrected chi connectivity index (χ0v) is 16.6. The van der Waals surface area contributed by atoms with E-state index in [0.29, 0.717) is 37.5 Å². The SMILES string of the molecule is O=C(/C=C/c1c(Cl)cccc1Cl)c1ccc(OC(=O)c2ccc(Cl)cc2)cc1. The molecule has 0 saturated heterocycles. The number of rotatable bonds is 5. The van der Waals surface area contributed by atoms with Gasteiger partial charge in [-0.2, -0.15) is 0 Å². The number of halogens is 3. The third kappa shape index (κ3) is 5.02. The molecule has 0 atom stereocenters. The van der Waals surface area contributed by atoms with E-state index in [0.717, 1.165) is 0 Å². The molecular weight excluding hydrogens is 419 g/mol. The number of ether oxygens (including phenoxy) is 1. The second-order valence-electron chi connectivity index (χ2n) is 5.75. The van der Waals surface area contributed by atoms with Crippen molar-refractivity contribution in [1.82, 2.24) is 0 Å². The topological polar surface area (TPSA) is 43.4 Å². The molecule has 0 radical (unpaired) electrons. The summed E-state index contributed by atoms with van der Waals surface area (Å²) in [7, 11) is 0. The number of carbonyl (C=O) groups excluding carboxylic acids is 2. The Bertz CT molecular complexity index is 1020. The fourth-order valence-electron chi connectivity index (χ4n) is 2.36. The average Bonchev–Trinajstić information content (AvgIpc) is 2.68. The molecule has 0 fully saturated rings. The first kappa shape index (κ1) is 20.2. The van der Waals surface area contributed by atoms with E-state index in [1.54, 1.807) is 72.8 Å². The molecular formula is C22H13Cl3O3. The maximum atomic E-state index is 12.3. The van der Waals surface area contributed by atoms with Gasteiger partial charge in [-0.05, 0) is 72.8 Å². The van der Waals surface area contributed by atoms with Crippen LogP contribution in [0.2, 0.25) is 15.1 Å². The molecule has 0 N–H and O–H groups in total. The molecule has 0 saturated carbocycles. The van der Waals surface area contributed by atoms with Crippen molar-refractivity contribution in [2.75, 3.05) is 0 Å². The van der Waals surface area contributed by atoms with E-state index in [1.165, 1.54) is 6.08 Å². The van der Waals surface area contributed by atoms with Crippen molar-refractivity contribution in [3.63, 3.8) is 0 Å². The first-order valence-corrected chi connectivity index (χ1v) is 9.31. The maximum Gasteiger partial charge on any atom is 0.343 e. The summed E-state index contributed by atoms with van der Waals surface area (Å²) in [5, 5.41) is 1.45. The summed E-state index contributed by atoms with van der Waals surface area (Å²) >= 11 is 18.0. The molecule has 3 nitrogen and oxygen atoms in total. The van der Waals surface area contributed by atoms with Gasteiger partial charge in [0.15, 0.2) is 5.78 Å². The molecule has 0 unspecified atom stereocenters. The fourth-order valence-corrected chi connectivity index (χ4v) is 3.01. The number of hydrogen-bond donors (Lipinski definition) is 0. The predicted octanol–water partition coefficient (Wildman–Crippen LogP) is 6.76. The van der Waals surface area contributed by atoms with Crippen LogP contribution in [0.4, 0.5) is 0 Å². The number of benzene rings is 3. The highest BCUT2D eigenvalue weighted by atomic mass is 35.5. The van der Waals surface area contributed by atoms with Gasteiger partial charge in [-0.3, -0.25) is 4.79 Å². The lowest BCUT2D eigenvalue weighted by atomic mass is 10.1. The third-order valence-electron chi connectivity index (χ3n) is 3.83. The highest BCUT2D eigenvalue weighted by Crippen LogP contribution is 2.25. The van der Waals surface area contributed by atoms with Crippen LogP contribution in [0, 0.1) is 0 Å². The van der Waals surface area contributed by atoms with Crippen LogP contribution in [0.3, 0.4) is 0 Å². The van der Waals surface area contributed by atoms with E-state index >= 15 is 0 Å². The summed E-state index contributed by atoms with van der Waals surface area (Å²) in [6, 6.07) is 17.7. The Hall–Kier alpha value is -2.59. The first-order valence-electron chi connectivity index (χ1n) is 8.18. The monoisotopic (exact) mass is 430 g/mol. The van der Waals surface area contributed by atoms with Gasteiger partial charge < -0.3 is 4.74 Å². The van der Waals surface area contributed by atoms with Crippen LogP contribution in [-0.2, 0) is 0 Å². The van der Waals surface area contributed by atoms with Gasteiger partial charge in [0.1, 0.15) is 5.75 Å². The first-order chi connectivity index (χ1) is 13.4. The molecule has 3 rings (SSSR count).